The van der Waals surface area contributed by atoms with E-state index >= 15 is 0 Å². The first-order valence-electron chi connectivity index (χ1n) is 45.7. The second-order valence-electron chi connectivity index (χ2n) is 30.1. The van der Waals surface area contributed by atoms with E-state index in [0.717, 1.165) is 95.8 Å². The van der Waals surface area contributed by atoms with Gasteiger partial charge in [0.1, 0.15) is 49.8 Å². The molecule has 0 bridgehead atoms. The SMILES string of the molecule is CCC(=O)COCCOCCNC(=O)CCC(CC(=O)CCCCCCCCCCCCCCCCC(=O)O)C(=O)O.CCC(=O)COCCOCCNC(=O)CCCCCCCCCCCCCCOc1ccc(C(=O)O)cc1.CCCOCCOCC(=O)NC(CCCCNC(=O)CSC)C(=O)O.CCCOCCOCC(=O)NCCCC(=O)CSC. The average molecular weight is 1810 g/mol. The summed E-state index contributed by atoms with van der Waals surface area (Å²) < 4.78 is 47.4. The zero-order valence-electron chi connectivity index (χ0n) is 76.3. The maximum absolute atomic E-state index is 12.3. The number of ketones is 4. The number of carboxylic acids is 4. The van der Waals surface area contributed by atoms with Crippen LogP contribution < -0.4 is 31.3 Å². The first kappa shape index (κ1) is 121. The summed E-state index contributed by atoms with van der Waals surface area (Å²) in [5, 5.41) is 49.6. The fourth-order valence-corrected chi connectivity index (χ4v) is 12.5. The van der Waals surface area contributed by atoms with Gasteiger partial charge in [-0.25, -0.2) is 9.59 Å². The van der Waals surface area contributed by atoms with Crippen LogP contribution in [-0.2, 0) is 95.4 Å². The summed E-state index contributed by atoms with van der Waals surface area (Å²) >= 11 is 2.97. The van der Waals surface area contributed by atoms with E-state index in [4.69, 9.17) is 58.0 Å². The Balaban J connectivity index is -0.00000164. The molecule has 124 heavy (non-hydrogen) atoms. The molecule has 0 aliphatic carbocycles. The number of hydrogen-bond acceptors (Lipinski definition) is 24. The molecule has 1 aromatic carbocycles. The molecule has 1 aromatic rings. The Morgan fingerprint density at radius 3 is 1.15 bits per heavy atom. The summed E-state index contributed by atoms with van der Waals surface area (Å²) in [7, 11) is 0. The molecular weight excluding hydrogens is 1640 g/mol. The van der Waals surface area contributed by atoms with Crippen molar-refractivity contribution >= 4 is 100 Å². The van der Waals surface area contributed by atoms with Crippen LogP contribution in [0.25, 0.3) is 0 Å². The van der Waals surface area contributed by atoms with Crippen molar-refractivity contribution in [2.45, 2.75) is 297 Å². The number of amides is 5. The predicted molar refractivity (Wildman–Crippen MR) is 485 cm³/mol. The van der Waals surface area contributed by atoms with Crippen molar-refractivity contribution in [2.75, 3.05) is 163 Å². The largest absolute Gasteiger partial charge is 0.494 e. The number of thioether (sulfide) groups is 2. The minimum atomic E-state index is -1.08. The van der Waals surface area contributed by atoms with Gasteiger partial charge in [0.15, 0.2) is 11.6 Å². The number of rotatable bonds is 87. The molecule has 0 spiro atoms. The summed E-state index contributed by atoms with van der Waals surface area (Å²) in [6.07, 6.45) is 40.5. The Hall–Kier alpha value is -6.69. The van der Waals surface area contributed by atoms with Crippen molar-refractivity contribution in [3.63, 3.8) is 0 Å². The molecule has 2 atom stereocenters. The van der Waals surface area contributed by atoms with E-state index in [0.29, 0.717) is 168 Å². The number of unbranched alkanes of at least 4 members (excludes halogenated alkanes) is 25. The van der Waals surface area contributed by atoms with Gasteiger partial charge in [-0.2, -0.15) is 23.5 Å². The highest BCUT2D eigenvalue weighted by atomic mass is 32.2. The van der Waals surface area contributed by atoms with Crippen molar-refractivity contribution in [3.05, 3.63) is 29.8 Å². The van der Waals surface area contributed by atoms with Gasteiger partial charge in [-0.15, -0.1) is 0 Å². The lowest BCUT2D eigenvalue weighted by molar-refractivity contribution is -0.144. The van der Waals surface area contributed by atoms with Gasteiger partial charge >= 0.3 is 23.9 Å². The van der Waals surface area contributed by atoms with E-state index < -0.39 is 41.7 Å². The van der Waals surface area contributed by atoms with E-state index in [1.807, 2.05) is 33.3 Å². The Morgan fingerprint density at radius 2 is 0.710 bits per heavy atom. The minimum Gasteiger partial charge on any atom is -0.494 e. The molecule has 1 rings (SSSR count). The molecule has 0 saturated carbocycles. The normalized spacial score (nSPS) is 11.3. The fraction of sp³-hybridized carbons (Fsp3) is 0.791. The number of aliphatic carboxylic acids is 3. The van der Waals surface area contributed by atoms with Crippen LogP contribution in [0.3, 0.4) is 0 Å². The average Bonchev–Trinajstić information content (AvgIpc) is 0.902. The smallest absolute Gasteiger partial charge is 0.335 e. The van der Waals surface area contributed by atoms with E-state index in [-0.39, 0.29) is 111 Å². The Morgan fingerprint density at radius 1 is 0.323 bits per heavy atom. The lowest BCUT2D eigenvalue weighted by Crippen LogP contribution is -2.42. The third kappa shape index (κ3) is 91.5. The van der Waals surface area contributed by atoms with Crippen LogP contribution in [0.2, 0.25) is 0 Å². The molecule has 33 heteroatoms. The topological polar surface area (TPSA) is 446 Å². The van der Waals surface area contributed by atoms with Gasteiger partial charge in [0.25, 0.3) is 0 Å². The molecule has 0 aromatic heterocycles. The zero-order valence-corrected chi connectivity index (χ0v) is 77.9. The number of ether oxygens (including phenoxy) is 9. The van der Waals surface area contributed by atoms with Crippen LogP contribution in [0.15, 0.2) is 24.3 Å². The van der Waals surface area contributed by atoms with Crippen LogP contribution >= 0.6 is 23.5 Å². The van der Waals surface area contributed by atoms with Gasteiger partial charge < -0.3 is 89.6 Å². The van der Waals surface area contributed by atoms with Crippen LogP contribution in [-0.4, -0.2) is 266 Å². The maximum atomic E-state index is 12.3. The number of benzene rings is 1. The first-order chi connectivity index (χ1) is 60.0. The molecule has 9 N–H and O–H groups in total. The van der Waals surface area contributed by atoms with Gasteiger partial charge in [-0.1, -0.05) is 169 Å². The molecule has 0 aliphatic heterocycles. The third-order valence-electron chi connectivity index (χ3n) is 18.8. The Labute approximate surface area is 749 Å². The Kier molecular flexibility index (Phi) is 92.0. The van der Waals surface area contributed by atoms with E-state index in [1.54, 1.807) is 31.2 Å². The quantitative estimate of drug-likeness (QED) is 0.0274. The summed E-state index contributed by atoms with van der Waals surface area (Å²) in [6.45, 7) is 15.4. The molecule has 718 valence electrons. The van der Waals surface area contributed by atoms with Crippen molar-refractivity contribution in [1.82, 2.24) is 26.6 Å². The zero-order chi connectivity index (χ0) is 92.2. The lowest BCUT2D eigenvalue weighted by atomic mass is 9.94. The molecule has 2 unspecified atom stereocenters. The summed E-state index contributed by atoms with van der Waals surface area (Å²) in [5.74, 6) is -3.44. The highest BCUT2D eigenvalue weighted by molar-refractivity contribution is 7.99. The highest BCUT2D eigenvalue weighted by Crippen LogP contribution is 2.19. The number of carboxylic acid groups (broad SMARTS) is 4. The lowest BCUT2D eigenvalue weighted by Gasteiger charge is -2.14. The predicted octanol–water partition coefficient (Wildman–Crippen LogP) is 13.8. The van der Waals surface area contributed by atoms with Gasteiger partial charge in [0, 0.05) is 90.8 Å². The number of carbonyl (C=O) groups is 13. The summed E-state index contributed by atoms with van der Waals surface area (Å²) in [5.41, 5.74) is 0.276. The van der Waals surface area contributed by atoms with Crippen molar-refractivity contribution < 1.29 is 125 Å². The molecule has 0 saturated heterocycles. The number of hydrogen-bond donors (Lipinski definition) is 9. The van der Waals surface area contributed by atoms with Gasteiger partial charge in [-0.05, 0) is 107 Å². The van der Waals surface area contributed by atoms with E-state index in [2.05, 4.69) is 26.6 Å². The molecule has 0 aliphatic rings. The van der Waals surface area contributed by atoms with E-state index in [9.17, 15) is 67.4 Å². The standard InChI is InChI=1S/C32H57NO9.C30H49NO7.C16H30N2O6S.C13H25NO4S/c1-2-28(34)26-42-24-23-41-22-21-33-30(36)20-19-27(32(39)40)25-29(35)17-15-13-11-9-7-5-3-4-6-8-10-12-14-16-18-31(37)38;1-2-27(32)25-37-24-23-36-22-20-31-29(33)15-13-11-9-7-5-3-4-6-8-10-12-14-21-38-28-18-16-26(17-19-28)30(34)35;1-3-8-23-9-10-24-11-14(19)18-13(16(21)22)6-4-5-7-17-15(20)12-25-2;1-3-7-17-8-9-18-10-13(16)14-6-4-5-12(15)11-19-2/h27H,2-26H2,1H3,(H,33,36)(H,37,38)(H,39,40);16-19H,2-15,20-25H2,1H3,(H,31,33)(H,34,35);13H,3-12H2,1-2H3,(H,17,20)(H,18,19)(H,21,22);3-11H2,1-2H3,(H,14,16). The minimum absolute atomic E-state index is 0.0318. The Bertz CT molecular complexity index is 2850. The molecule has 0 heterocycles. The molecular formula is C91H161N5O26S2. The number of carbonyl (C=O) groups excluding carboxylic acids is 9. The van der Waals surface area contributed by atoms with Crippen LogP contribution in [0.5, 0.6) is 5.75 Å². The fourth-order valence-electron chi connectivity index (χ4n) is 11.7. The van der Waals surface area contributed by atoms with Gasteiger partial charge in [0.05, 0.1) is 95.7 Å². The number of aromatic carboxylic acids is 1. The van der Waals surface area contributed by atoms with Crippen molar-refractivity contribution in [3.8, 4) is 5.75 Å². The summed E-state index contributed by atoms with van der Waals surface area (Å²) in [4.78, 5) is 148. The monoisotopic (exact) mass is 1800 g/mol. The number of nitrogens with one attached hydrogen (secondary N) is 5. The van der Waals surface area contributed by atoms with Crippen molar-refractivity contribution in [2.24, 2.45) is 5.92 Å². The second kappa shape index (κ2) is 93.9. The van der Waals surface area contributed by atoms with E-state index in [1.165, 1.54) is 120 Å². The highest BCUT2D eigenvalue weighted by Gasteiger charge is 2.23. The van der Waals surface area contributed by atoms with Gasteiger partial charge in [-0.3, -0.25) is 52.7 Å². The van der Waals surface area contributed by atoms with Gasteiger partial charge in [0.2, 0.25) is 29.5 Å². The molecule has 31 nitrogen and oxygen atoms in total. The maximum Gasteiger partial charge on any atom is 0.335 e. The molecule has 0 radical (unpaired) electrons. The second-order valence-corrected chi connectivity index (χ2v) is 31.9. The van der Waals surface area contributed by atoms with Crippen LogP contribution in [0, 0.1) is 5.92 Å². The molecule has 5 amide bonds. The number of Topliss-reactive ketones (excluding diaryl/α,β-unsaturated/α-hetero) is 4. The van der Waals surface area contributed by atoms with Crippen LogP contribution in [0.1, 0.15) is 301 Å². The van der Waals surface area contributed by atoms with Crippen LogP contribution in [0.4, 0.5) is 0 Å². The van der Waals surface area contributed by atoms with Crippen molar-refractivity contribution in [1.29, 1.82) is 0 Å². The third-order valence-corrected chi connectivity index (χ3v) is 20.0. The molecule has 0 fully saturated rings. The summed E-state index contributed by atoms with van der Waals surface area (Å²) in [6, 6.07) is 5.60. The first-order valence-corrected chi connectivity index (χ1v) is 48.4.